The fraction of sp³-hybridized carbons (Fsp3) is 0.652. The largest absolute Gasteiger partial charge is 0.394 e. The molecule has 0 radical (unpaired) electrons. The lowest BCUT2D eigenvalue weighted by atomic mass is 9.86. The standard InChI is InChI=1S/C23H36O6/c1-20(22-5-3-6-22)23-7-2-4-21(18-23)19-29-17-16-28-15-14-27-13-12-26-11-10-25-9-8-24/h2,4,7,18,24H,3,5-6,8-17,19H2,1H3. The maximum atomic E-state index is 8.56. The van der Waals surface area contributed by atoms with Crippen molar-refractivity contribution in [3.8, 4) is 0 Å². The van der Waals surface area contributed by atoms with Crippen LogP contribution in [0.4, 0.5) is 0 Å². The Morgan fingerprint density at radius 3 is 1.86 bits per heavy atom. The second kappa shape index (κ2) is 15.5. The van der Waals surface area contributed by atoms with E-state index < -0.39 is 0 Å². The lowest BCUT2D eigenvalue weighted by Gasteiger charge is -2.20. The monoisotopic (exact) mass is 408 g/mol. The molecule has 0 atom stereocenters. The summed E-state index contributed by atoms with van der Waals surface area (Å²) in [4.78, 5) is 0. The minimum atomic E-state index is 0.0411. The minimum absolute atomic E-state index is 0.0411. The van der Waals surface area contributed by atoms with Gasteiger partial charge in [0.15, 0.2) is 0 Å². The number of hydrogen-bond donors (Lipinski definition) is 1. The van der Waals surface area contributed by atoms with Crippen molar-refractivity contribution in [3.63, 3.8) is 0 Å². The smallest absolute Gasteiger partial charge is 0.0718 e. The predicted octanol–water partition coefficient (Wildman–Crippen LogP) is 3.22. The van der Waals surface area contributed by atoms with Gasteiger partial charge in [-0.25, -0.2) is 0 Å². The van der Waals surface area contributed by atoms with Gasteiger partial charge in [-0.1, -0.05) is 23.8 Å². The molecule has 6 heteroatoms. The molecule has 0 bridgehead atoms. The molecule has 29 heavy (non-hydrogen) atoms. The average molecular weight is 409 g/mol. The van der Waals surface area contributed by atoms with Gasteiger partial charge in [-0.05, 0) is 49.0 Å². The summed E-state index contributed by atoms with van der Waals surface area (Å²) in [5.74, 6) is 0. The van der Waals surface area contributed by atoms with Crippen molar-refractivity contribution in [1.29, 1.82) is 0 Å². The third-order valence-corrected chi connectivity index (χ3v) is 4.84. The van der Waals surface area contributed by atoms with Gasteiger partial charge < -0.3 is 28.8 Å². The summed E-state index contributed by atoms with van der Waals surface area (Å²) < 4.78 is 27.1. The maximum Gasteiger partial charge on any atom is 0.0718 e. The van der Waals surface area contributed by atoms with Crippen molar-refractivity contribution in [3.05, 3.63) is 41.0 Å². The number of aliphatic hydroxyl groups is 1. The molecule has 0 aliphatic heterocycles. The normalized spacial score (nSPS) is 13.5. The highest BCUT2D eigenvalue weighted by Gasteiger charge is 2.12. The van der Waals surface area contributed by atoms with E-state index in [1.54, 1.807) is 5.57 Å². The molecular weight excluding hydrogens is 372 g/mol. The minimum Gasteiger partial charge on any atom is -0.394 e. The van der Waals surface area contributed by atoms with Gasteiger partial charge in [0.2, 0.25) is 0 Å². The number of rotatable bonds is 17. The van der Waals surface area contributed by atoms with Crippen LogP contribution in [-0.4, -0.2) is 71.2 Å². The Bertz CT molecular complexity index is 580. The highest BCUT2D eigenvalue weighted by atomic mass is 16.6. The Morgan fingerprint density at radius 1 is 0.793 bits per heavy atom. The van der Waals surface area contributed by atoms with Crippen LogP contribution in [0.15, 0.2) is 29.8 Å². The van der Waals surface area contributed by atoms with E-state index in [1.807, 2.05) is 0 Å². The number of ether oxygens (including phenoxy) is 5. The molecule has 1 aliphatic rings. The molecule has 1 aromatic rings. The lowest BCUT2D eigenvalue weighted by Crippen LogP contribution is -2.13. The van der Waals surface area contributed by atoms with E-state index >= 15 is 0 Å². The molecule has 0 aromatic heterocycles. The van der Waals surface area contributed by atoms with E-state index in [-0.39, 0.29) is 6.61 Å². The summed E-state index contributed by atoms with van der Waals surface area (Å²) in [5, 5.41) is 8.56. The van der Waals surface area contributed by atoms with Crippen LogP contribution in [0, 0.1) is 0 Å². The molecule has 0 saturated heterocycles. The van der Waals surface area contributed by atoms with Gasteiger partial charge >= 0.3 is 0 Å². The maximum absolute atomic E-state index is 8.56. The van der Waals surface area contributed by atoms with Crippen LogP contribution < -0.4 is 0 Å². The molecule has 2 rings (SSSR count). The van der Waals surface area contributed by atoms with E-state index in [0.29, 0.717) is 66.1 Å². The van der Waals surface area contributed by atoms with Gasteiger partial charge in [-0.2, -0.15) is 0 Å². The Labute approximate surface area is 174 Å². The zero-order valence-corrected chi connectivity index (χ0v) is 17.7. The molecule has 0 spiro atoms. The van der Waals surface area contributed by atoms with Gasteiger partial charge in [-0.15, -0.1) is 0 Å². The number of aliphatic hydroxyl groups excluding tert-OH is 1. The van der Waals surface area contributed by atoms with Crippen molar-refractivity contribution in [2.75, 3.05) is 66.1 Å². The predicted molar refractivity (Wildman–Crippen MR) is 113 cm³/mol. The molecule has 0 amide bonds. The lowest BCUT2D eigenvalue weighted by molar-refractivity contribution is -0.0145. The summed E-state index contributed by atoms with van der Waals surface area (Å²) in [6.45, 7) is 7.51. The zero-order valence-electron chi connectivity index (χ0n) is 17.7. The summed E-state index contributed by atoms with van der Waals surface area (Å²) in [6.07, 6.45) is 3.83. The molecule has 6 nitrogen and oxygen atoms in total. The Hall–Kier alpha value is -1.28. The Balaban J connectivity index is 1.41. The van der Waals surface area contributed by atoms with Gasteiger partial charge in [0.05, 0.1) is 72.7 Å². The van der Waals surface area contributed by atoms with Crippen molar-refractivity contribution in [2.45, 2.75) is 32.8 Å². The van der Waals surface area contributed by atoms with Crippen LogP contribution >= 0.6 is 0 Å². The first-order valence-electron chi connectivity index (χ1n) is 10.6. The van der Waals surface area contributed by atoms with Crippen LogP contribution in [0.25, 0.3) is 5.57 Å². The first-order valence-corrected chi connectivity index (χ1v) is 10.6. The molecule has 1 N–H and O–H groups in total. The summed E-state index contributed by atoms with van der Waals surface area (Å²) in [5.41, 5.74) is 5.54. The van der Waals surface area contributed by atoms with Crippen molar-refractivity contribution >= 4 is 5.57 Å². The van der Waals surface area contributed by atoms with Crippen molar-refractivity contribution in [2.24, 2.45) is 0 Å². The third kappa shape index (κ3) is 10.3. The van der Waals surface area contributed by atoms with Crippen LogP contribution in [0.3, 0.4) is 0 Å². The fourth-order valence-electron chi connectivity index (χ4n) is 2.96. The molecule has 0 heterocycles. The first-order chi connectivity index (χ1) is 14.3. The quantitative estimate of drug-likeness (QED) is 0.399. The second-order valence-electron chi connectivity index (χ2n) is 7.01. The third-order valence-electron chi connectivity index (χ3n) is 4.84. The summed E-state index contributed by atoms with van der Waals surface area (Å²) in [6, 6.07) is 8.63. The van der Waals surface area contributed by atoms with Crippen molar-refractivity contribution < 1.29 is 28.8 Å². The molecule has 0 unspecified atom stereocenters. The highest BCUT2D eigenvalue weighted by molar-refractivity contribution is 5.68. The van der Waals surface area contributed by atoms with Gasteiger partial charge in [0, 0.05) is 0 Å². The van der Waals surface area contributed by atoms with Crippen LogP contribution in [0.5, 0.6) is 0 Å². The molecule has 1 aromatic carbocycles. The van der Waals surface area contributed by atoms with Crippen LogP contribution in [-0.2, 0) is 30.3 Å². The van der Waals surface area contributed by atoms with E-state index in [4.69, 9.17) is 28.8 Å². The Kier molecular flexibility index (Phi) is 12.9. The van der Waals surface area contributed by atoms with Crippen LogP contribution in [0.1, 0.15) is 37.3 Å². The fourth-order valence-corrected chi connectivity index (χ4v) is 2.96. The van der Waals surface area contributed by atoms with Crippen LogP contribution in [0.2, 0.25) is 0 Å². The SMILES string of the molecule is CC(=C1CCC1)c1cccc(COCCOCCOCCOCCOCCO)c1. The van der Waals surface area contributed by atoms with E-state index in [2.05, 4.69) is 31.2 Å². The second-order valence-corrected chi connectivity index (χ2v) is 7.01. The summed E-state index contributed by atoms with van der Waals surface area (Å²) >= 11 is 0. The number of allylic oxidation sites excluding steroid dienone is 2. The molecule has 1 fully saturated rings. The van der Waals surface area contributed by atoms with E-state index in [0.717, 1.165) is 0 Å². The van der Waals surface area contributed by atoms with Crippen molar-refractivity contribution in [1.82, 2.24) is 0 Å². The first kappa shape index (κ1) is 24.0. The molecule has 1 saturated carbocycles. The van der Waals surface area contributed by atoms with E-state index in [9.17, 15) is 0 Å². The van der Waals surface area contributed by atoms with Gasteiger partial charge in [0.1, 0.15) is 0 Å². The Morgan fingerprint density at radius 2 is 1.34 bits per heavy atom. The molecule has 164 valence electrons. The zero-order chi connectivity index (χ0) is 20.6. The highest BCUT2D eigenvalue weighted by Crippen LogP contribution is 2.33. The average Bonchev–Trinajstić information content (AvgIpc) is 2.70. The molecular formula is C23H36O6. The van der Waals surface area contributed by atoms with Gasteiger partial charge in [0.25, 0.3) is 0 Å². The number of hydrogen-bond acceptors (Lipinski definition) is 6. The topological polar surface area (TPSA) is 66.4 Å². The van der Waals surface area contributed by atoms with Gasteiger partial charge in [-0.3, -0.25) is 0 Å². The summed E-state index contributed by atoms with van der Waals surface area (Å²) in [7, 11) is 0. The molecule has 1 aliphatic carbocycles. The number of benzene rings is 1. The van der Waals surface area contributed by atoms with E-state index in [1.165, 1.54) is 36.0 Å².